The maximum Gasteiger partial charge on any atom is 0.404 e. The van der Waals surface area contributed by atoms with Crippen LogP contribution in [0.4, 0.5) is 16.3 Å². The Morgan fingerprint density at radius 3 is 2.54 bits per heavy atom. The molecule has 186 valence electrons. The average molecular weight is 516 g/mol. The number of carbonyl (C=O) groups is 1. The van der Waals surface area contributed by atoms with Crippen LogP contribution < -0.4 is 11.1 Å². The van der Waals surface area contributed by atoms with Crippen LogP contribution in [0.15, 0.2) is 35.4 Å². The zero-order valence-electron chi connectivity index (χ0n) is 19.7. The molecule has 2 aliphatic rings. The van der Waals surface area contributed by atoms with Crippen molar-refractivity contribution in [3.05, 3.63) is 41.2 Å². The van der Waals surface area contributed by atoms with Crippen molar-refractivity contribution in [1.82, 2.24) is 14.8 Å². The van der Waals surface area contributed by atoms with Gasteiger partial charge in [-0.05, 0) is 57.6 Å². The van der Waals surface area contributed by atoms with Gasteiger partial charge >= 0.3 is 6.09 Å². The minimum atomic E-state index is -3.44. The van der Waals surface area contributed by atoms with Gasteiger partial charge in [0.2, 0.25) is 0 Å². The molecule has 11 heteroatoms. The standard InChI is InChI=1S/C24H29N5O4S2/c1-14-11-22(29(2)28-14)27-16-5-10-19(21(12-16)35(31,32)18-8-9-18)20-13-26-23(34-20)15-3-6-17(7-4-15)33-24(25)30/h5,10-13,15,17-18,27H,3-4,6-9H2,1-2H3,(H2,25,30). The molecule has 2 saturated carbocycles. The summed E-state index contributed by atoms with van der Waals surface area (Å²) in [5.74, 6) is 1.06. The molecule has 0 atom stereocenters. The summed E-state index contributed by atoms with van der Waals surface area (Å²) in [5, 5.41) is 8.31. The Bertz CT molecular complexity index is 1350. The second-order valence-electron chi connectivity index (χ2n) is 9.35. The first kappa shape index (κ1) is 23.8. The van der Waals surface area contributed by atoms with E-state index in [-0.39, 0.29) is 17.3 Å². The van der Waals surface area contributed by atoms with Crippen molar-refractivity contribution in [1.29, 1.82) is 0 Å². The van der Waals surface area contributed by atoms with Crippen LogP contribution in [-0.2, 0) is 21.6 Å². The van der Waals surface area contributed by atoms with Gasteiger partial charge in [0.25, 0.3) is 0 Å². The third-order valence-corrected chi connectivity index (χ3v) is 10.1. The van der Waals surface area contributed by atoms with E-state index in [0.717, 1.165) is 47.1 Å². The second-order valence-corrected chi connectivity index (χ2v) is 12.6. The largest absolute Gasteiger partial charge is 0.446 e. The topological polar surface area (TPSA) is 129 Å². The number of nitrogens with one attached hydrogen (secondary N) is 1. The van der Waals surface area contributed by atoms with Crippen molar-refractivity contribution in [2.24, 2.45) is 12.8 Å². The lowest BCUT2D eigenvalue weighted by Gasteiger charge is -2.26. The van der Waals surface area contributed by atoms with Crippen molar-refractivity contribution < 1.29 is 17.9 Å². The zero-order valence-corrected chi connectivity index (χ0v) is 21.4. The van der Waals surface area contributed by atoms with Gasteiger partial charge in [-0.1, -0.05) is 6.07 Å². The van der Waals surface area contributed by atoms with E-state index in [9.17, 15) is 13.2 Å². The van der Waals surface area contributed by atoms with Crippen LogP contribution in [-0.4, -0.2) is 40.6 Å². The number of carbonyl (C=O) groups excluding carboxylic acids is 1. The van der Waals surface area contributed by atoms with Gasteiger partial charge in [-0.3, -0.25) is 4.68 Å². The summed E-state index contributed by atoms with van der Waals surface area (Å²) in [6, 6.07) is 7.42. The fourth-order valence-corrected chi connectivity index (χ4v) is 7.75. The van der Waals surface area contributed by atoms with Crippen LogP contribution in [0.5, 0.6) is 0 Å². The van der Waals surface area contributed by atoms with Crippen LogP contribution in [0.3, 0.4) is 0 Å². The van der Waals surface area contributed by atoms with Crippen molar-refractivity contribution in [2.75, 3.05) is 5.32 Å². The van der Waals surface area contributed by atoms with Crippen molar-refractivity contribution >= 4 is 38.8 Å². The van der Waals surface area contributed by atoms with Crippen molar-refractivity contribution in [3.8, 4) is 10.4 Å². The number of rotatable bonds is 7. The number of thiazole rings is 1. The Balaban J connectivity index is 1.42. The van der Waals surface area contributed by atoms with Crippen molar-refractivity contribution in [3.63, 3.8) is 0 Å². The minimum Gasteiger partial charge on any atom is -0.446 e. The first-order chi connectivity index (χ1) is 16.7. The smallest absolute Gasteiger partial charge is 0.404 e. The lowest BCUT2D eigenvalue weighted by molar-refractivity contribution is 0.0787. The number of anilines is 2. The Kier molecular flexibility index (Phi) is 6.30. The summed E-state index contributed by atoms with van der Waals surface area (Å²) in [5.41, 5.74) is 7.42. The quantitative estimate of drug-likeness (QED) is 0.468. The Morgan fingerprint density at radius 1 is 1.17 bits per heavy atom. The predicted octanol–water partition coefficient (Wildman–Crippen LogP) is 4.65. The van der Waals surface area contributed by atoms with Gasteiger partial charge in [-0.15, -0.1) is 11.3 Å². The van der Waals surface area contributed by atoms with Gasteiger partial charge in [-0.25, -0.2) is 18.2 Å². The molecule has 0 radical (unpaired) electrons. The van der Waals surface area contributed by atoms with Gasteiger partial charge in [-0.2, -0.15) is 5.10 Å². The number of aromatic nitrogens is 3. The highest BCUT2D eigenvalue weighted by molar-refractivity contribution is 7.92. The number of hydrogen-bond acceptors (Lipinski definition) is 8. The SMILES string of the molecule is Cc1cc(Nc2ccc(-c3cnc(C4CCC(OC(N)=O)CC4)s3)c(S(=O)(=O)C3CC3)c2)n(C)n1. The molecule has 3 aromatic rings. The van der Waals surface area contributed by atoms with Crippen LogP contribution >= 0.6 is 11.3 Å². The maximum absolute atomic E-state index is 13.4. The molecule has 0 saturated heterocycles. The summed E-state index contributed by atoms with van der Waals surface area (Å²) in [6.07, 6.45) is 5.51. The first-order valence-electron chi connectivity index (χ1n) is 11.8. The second kappa shape index (κ2) is 9.27. The lowest BCUT2D eigenvalue weighted by atomic mass is 9.88. The number of sulfone groups is 1. The number of hydrogen-bond donors (Lipinski definition) is 2. The van der Waals surface area contributed by atoms with Gasteiger partial charge in [0.05, 0.1) is 25.7 Å². The number of nitrogens with two attached hydrogens (primary N) is 1. The average Bonchev–Trinajstić information content (AvgIpc) is 3.49. The maximum atomic E-state index is 13.4. The van der Waals surface area contributed by atoms with Crippen LogP contribution in [0.1, 0.15) is 55.1 Å². The normalized spacial score (nSPS) is 20.5. The molecule has 2 aromatic heterocycles. The van der Waals surface area contributed by atoms with E-state index in [2.05, 4.69) is 15.4 Å². The van der Waals surface area contributed by atoms with Gasteiger partial charge in [0.15, 0.2) is 9.84 Å². The third-order valence-electron chi connectivity index (χ3n) is 6.62. The molecule has 2 fully saturated rings. The molecule has 2 heterocycles. The molecule has 0 bridgehead atoms. The fourth-order valence-electron chi connectivity index (χ4n) is 4.67. The third kappa shape index (κ3) is 5.06. The predicted molar refractivity (Wildman–Crippen MR) is 135 cm³/mol. The fraction of sp³-hybridized carbons (Fsp3) is 0.458. The number of benzene rings is 1. The summed E-state index contributed by atoms with van der Waals surface area (Å²) >= 11 is 1.54. The Hall–Kier alpha value is -2.92. The van der Waals surface area contributed by atoms with Crippen LogP contribution in [0.25, 0.3) is 10.4 Å². The number of ether oxygens (including phenoxy) is 1. The van der Waals surface area contributed by atoms with Crippen LogP contribution in [0.2, 0.25) is 0 Å². The van der Waals surface area contributed by atoms with Crippen molar-refractivity contribution in [2.45, 2.75) is 67.6 Å². The molecule has 3 N–H and O–H groups in total. The Labute approximate surface area is 208 Å². The van der Waals surface area contributed by atoms with Gasteiger partial charge < -0.3 is 15.8 Å². The van der Waals surface area contributed by atoms with Gasteiger partial charge in [0, 0.05) is 36.5 Å². The molecule has 35 heavy (non-hydrogen) atoms. The minimum absolute atomic E-state index is 0.137. The molecule has 9 nitrogen and oxygen atoms in total. The first-order valence-corrected chi connectivity index (χ1v) is 14.1. The molecular formula is C24H29N5O4S2. The van der Waals surface area contributed by atoms with E-state index < -0.39 is 15.9 Å². The highest BCUT2D eigenvalue weighted by Crippen LogP contribution is 2.43. The molecule has 0 aliphatic heterocycles. The number of primary amides is 1. The monoisotopic (exact) mass is 515 g/mol. The number of aryl methyl sites for hydroxylation is 2. The summed E-state index contributed by atoms with van der Waals surface area (Å²) in [7, 11) is -1.60. The van der Waals surface area contributed by atoms with Gasteiger partial charge in [0.1, 0.15) is 11.9 Å². The highest BCUT2D eigenvalue weighted by Gasteiger charge is 2.39. The van der Waals surface area contributed by atoms with Crippen LogP contribution in [0, 0.1) is 6.92 Å². The summed E-state index contributed by atoms with van der Waals surface area (Å²) in [4.78, 5) is 16.9. The molecule has 1 aromatic carbocycles. The molecule has 0 unspecified atom stereocenters. The molecule has 1 amide bonds. The van der Waals surface area contributed by atoms with E-state index in [1.165, 1.54) is 0 Å². The molecule has 5 rings (SSSR count). The number of amides is 1. The van der Waals surface area contributed by atoms with E-state index in [1.807, 2.05) is 32.2 Å². The van der Waals surface area contributed by atoms with E-state index in [1.54, 1.807) is 28.3 Å². The number of nitrogens with zero attached hydrogens (tertiary/aromatic N) is 3. The molecule has 0 spiro atoms. The lowest BCUT2D eigenvalue weighted by Crippen LogP contribution is -2.26. The Morgan fingerprint density at radius 2 is 1.91 bits per heavy atom. The zero-order chi connectivity index (χ0) is 24.7. The van der Waals surface area contributed by atoms with E-state index in [4.69, 9.17) is 10.5 Å². The van der Waals surface area contributed by atoms with E-state index >= 15 is 0 Å². The molecular weight excluding hydrogens is 486 g/mol. The van der Waals surface area contributed by atoms with E-state index in [0.29, 0.717) is 29.0 Å². The highest BCUT2D eigenvalue weighted by atomic mass is 32.2. The summed E-state index contributed by atoms with van der Waals surface area (Å²) in [6.45, 7) is 1.91. The summed E-state index contributed by atoms with van der Waals surface area (Å²) < 4.78 is 33.6. The molecule has 2 aliphatic carbocycles.